The Labute approximate surface area is 146 Å². The van der Waals surface area contributed by atoms with E-state index in [2.05, 4.69) is 9.97 Å². The molecule has 0 bridgehead atoms. The summed E-state index contributed by atoms with van der Waals surface area (Å²) in [5, 5.41) is 9.65. The maximum Gasteiger partial charge on any atom is 0.348 e. The first-order valence-corrected chi connectivity index (χ1v) is 8.16. The predicted octanol–water partition coefficient (Wildman–Crippen LogP) is 3.98. The first kappa shape index (κ1) is 16.8. The van der Waals surface area contributed by atoms with Crippen LogP contribution >= 0.6 is 11.3 Å². The number of carbonyl (C=O) groups excluding carboxylic acids is 1. The summed E-state index contributed by atoms with van der Waals surface area (Å²) in [4.78, 5) is 21.2. The molecule has 0 aliphatic rings. The molecule has 0 fully saturated rings. The maximum absolute atomic E-state index is 13.7. The average Bonchev–Trinajstić information content (AvgIpc) is 2.93. The Hall–Kier alpha value is -3.05. The van der Waals surface area contributed by atoms with Crippen LogP contribution in [0.1, 0.15) is 27.7 Å². The van der Waals surface area contributed by atoms with Crippen molar-refractivity contribution in [3.63, 3.8) is 0 Å². The third-order valence-corrected chi connectivity index (χ3v) is 4.63. The second-order valence-corrected chi connectivity index (χ2v) is 5.96. The van der Waals surface area contributed by atoms with E-state index in [1.807, 2.05) is 0 Å². The quantitative estimate of drug-likeness (QED) is 0.657. The van der Waals surface area contributed by atoms with Gasteiger partial charge in [0.1, 0.15) is 39.2 Å². The van der Waals surface area contributed by atoms with Crippen LogP contribution in [0.4, 0.5) is 4.39 Å². The minimum absolute atomic E-state index is 0.0470. The van der Waals surface area contributed by atoms with Crippen molar-refractivity contribution in [2.75, 3.05) is 6.61 Å². The topological polar surface area (TPSA) is 85.1 Å². The van der Waals surface area contributed by atoms with Gasteiger partial charge in [-0.2, -0.15) is 5.26 Å². The Morgan fingerprint density at radius 2 is 2.20 bits per heavy atom. The first-order chi connectivity index (χ1) is 12.1. The molecule has 0 spiro atoms. The van der Waals surface area contributed by atoms with Crippen molar-refractivity contribution in [3.05, 3.63) is 46.3 Å². The fourth-order valence-corrected chi connectivity index (χ4v) is 3.34. The van der Waals surface area contributed by atoms with Crippen molar-refractivity contribution >= 4 is 27.5 Å². The number of carbonyl (C=O) groups is 1. The molecule has 1 aromatic carbocycles. The SMILES string of the molecule is CCOC(=O)c1sc2ncnc(Oc3cccc(F)c3C#N)c2c1C. The van der Waals surface area contributed by atoms with E-state index in [0.29, 0.717) is 20.7 Å². The van der Waals surface area contributed by atoms with Gasteiger partial charge in [0.15, 0.2) is 0 Å². The van der Waals surface area contributed by atoms with Crippen molar-refractivity contribution in [1.29, 1.82) is 5.26 Å². The molecule has 25 heavy (non-hydrogen) atoms. The summed E-state index contributed by atoms with van der Waals surface area (Å²) in [6.45, 7) is 3.72. The number of rotatable bonds is 4. The van der Waals surface area contributed by atoms with Gasteiger partial charge in [-0.1, -0.05) is 6.07 Å². The molecule has 6 nitrogen and oxygen atoms in total. The van der Waals surface area contributed by atoms with Gasteiger partial charge in [-0.05, 0) is 31.5 Å². The number of ether oxygens (including phenoxy) is 2. The molecule has 126 valence electrons. The fourth-order valence-electron chi connectivity index (χ4n) is 2.31. The Bertz CT molecular complexity index is 1010. The van der Waals surface area contributed by atoms with Crippen LogP contribution in [0.15, 0.2) is 24.5 Å². The van der Waals surface area contributed by atoms with Crippen LogP contribution in [-0.4, -0.2) is 22.5 Å². The predicted molar refractivity (Wildman–Crippen MR) is 89.3 cm³/mol. The summed E-state index contributed by atoms with van der Waals surface area (Å²) in [5.41, 5.74) is 0.400. The van der Waals surface area contributed by atoms with Gasteiger partial charge in [-0.15, -0.1) is 11.3 Å². The number of hydrogen-bond donors (Lipinski definition) is 0. The highest BCUT2D eigenvalue weighted by Gasteiger charge is 2.22. The van der Waals surface area contributed by atoms with Crippen LogP contribution in [-0.2, 0) is 4.74 Å². The molecule has 0 N–H and O–H groups in total. The molecule has 0 radical (unpaired) electrons. The van der Waals surface area contributed by atoms with Crippen LogP contribution in [0, 0.1) is 24.1 Å². The molecular weight excluding hydrogens is 345 g/mol. The number of halogens is 1. The molecule has 2 aromatic heterocycles. The highest BCUT2D eigenvalue weighted by molar-refractivity contribution is 7.20. The molecule has 3 aromatic rings. The minimum Gasteiger partial charge on any atom is -0.462 e. The Balaban J connectivity index is 2.11. The molecule has 8 heteroatoms. The number of esters is 1. The Morgan fingerprint density at radius 1 is 1.40 bits per heavy atom. The first-order valence-electron chi connectivity index (χ1n) is 7.34. The van der Waals surface area contributed by atoms with Gasteiger partial charge < -0.3 is 9.47 Å². The molecule has 0 aliphatic carbocycles. The van der Waals surface area contributed by atoms with Crippen LogP contribution in [0.5, 0.6) is 11.6 Å². The summed E-state index contributed by atoms with van der Waals surface area (Å²) in [5.74, 6) is -0.931. The zero-order chi connectivity index (χ0) is 18.0. The normalized spacial score (nSPS) is 10.5. The molecule has 3 rings (SSSR count). The zero-order valence-corrected chi connectivity index (χ0v) is 14.2. The molecule has 0 aliphatic heterocycles. The molecule has 0 saturated heterocycles. The van der Waals surface area contributed by atoms with E-state index in [1.165, 1.54) is 35.9 Å². The monoisotopic (exact) mass is 357 g/mol. The van der Waals surface area contributed by atoms with Gasteiger partial charge in [0, 0.05) is 0 Å². The van der Waals surface area contributed by atoms with Gasteiger partial charge in [0.2, 0.25) is 5.88 Å². The second-order valence-electron chi connectivity index (χ2n) is 4.96. The van der Waals surface area contributed by atoms with E-state index in [4.69, 9.17) is 14.7 Å². The van der Waals surface area contributed by atoms with Gasteiger partial charge in [0.25, 0.3) is 0 Å². The fraction of sp³-hybridized carbons (Fsp3) is 0.176. The average molecular weight is 357 g/mol. The summed E-state index contributed by atoms with van der Waals surface area (Å²) in [6.07, 6.45) is 1.29. The lowest BCUT2D eigenvalue weighted by atomic mass is 10.2. The number of fused-ring (bicyclic) bond motifs is 1. The third kappa shape index (κ3) is 3.02. The lowest BCUT2D eigenvalue weighted by molar-refractivity contribution is 0.0531. The van der Waals surface area contributed by atoms with Gasteiger partial charge in [-0.3, -0.25) is 0 Å². The summed E-state index contributed by atoms with van der Waals surface area (Å²) >= 11 is 1.17. The number of benzene rings is 1. The molecule has 2 heterocycles. The highest BCUT2D eigenvalue weighted by atomic mass is 32.1. The van der Waals surface area contributed by atoms with E-state index in [-0.39, 0.29) is 23.8 Å². The van der Waals surface area contributed by atoms with E-state index < -0.39 is 11.8 Å². The van der Waals surface area contributed by atoms with Crippen LogP contribution in [0.3, 0.4) is 0 Å². The summed E-state index contributed by atoms with van der Waals surface area (Å²) < 4.78 is 24.5. The summed E-state index contributed by atoms with van der Waals surface area (Å²) in [7, 11) is 0. The lowest BCUT2D eigenvalue weighted by Crippen LogP contribution is -2.03. The summed E-state index contributed by atoms with van der Waals surface area (Å²) in [6, 6.07) is 5.86. The smallest absolute Gasteiger partial charge is 0.348 e. The lowest BCUT2D eigenvalue weighted by Gasteiger charge is -2.08. The van der Waals surface area contributed by atoms with Crippen molar-refractivity contribution in [2.45, 2.75) is 13.8 Å². The van der Waals surface area contributed by atoms with Crippen molar-refractivity contribution in [1.82, 2.24) is 9.97 Å². The highest BCUT2D eigenvalue weighted by Crippen LogP contribution is 2.37. The second kappa shape index (κ2) is 6.83. The van der Waals surface area contributed by atoms with E-state index in [9.17, 15) is 9.18 Å². The van der Waals surface area contributed by atoms with E-state index in [0.717, 1.165) is 0 Å². The Kier molecular flexibility index (Phi) is 4.59. The number of nitriles is 1. The van der Waals surface area contributed by atoms with Crippen LogP contribution in [0.2, 0.25) is 0 Å². The van der Waals surface area contributed by atoms with Crippen LogP contribution < -0.4 is 4.74 Å². The number of thiophene rings is 1. The molecule has 0 amide bonds. The van der Waals surface area contributed by atoms with Crippen molar-refractivity contribution in [2.24, 2.45) is 0 Å². The van der Waals surface area contributed by atoms with E-state index >= 15 is 0 Å². The van der Waals surface area contributed by atoms with Gasteiger partial charge in [0.05, 0.1) is 12.0 Å². The third-order valence-electron chi connectivity index (χ3n) is 3.45. The maximum atomic E-state index is 13.7. The van der Waals surface area contributed by atoms with Crippen LogP contribution in [0.25, 0.3) is 10.2 Å². The van der Waals surface area contributed by atoms with Crippen molar-refractivity contribution < 1.29 is 18.7 Å². The Morgan fingerprint density at radius 3 is 2.92 bits per heavy atom. The molecule has 0 saturated carbocycles. The largest absolute Gasteiger partial charge is 0.462 e. The van der Waals surface area contributed by atoms with Gasteiger partial charge >= 0.3 is 5.97 Å². The number of aromatic nitrogens is 2. The standard InChI is InChI=1S/C17H12FN3O3S/c1-3-23-17(22)14-9(2)13-15(20-8-21-16(13)25-14)24-12-6-4-5-11(18)10(12)7-19/h4-6,8H,3H2,1-2H3. The van der Waals surface area contributed by atoms with E-state index in [1.54, 1.807) is 19.9 Å². The molecule has 0 unspecified atom stereocenters. The molecular formula is C17H12FN3O3S. The molecule has 0 atom stereocenters. The van der Waals surface area contributed by atoms with Gasteiger partial charge in [-0.25, -0.2) is 19.2 Å². The minimum atomic E-state index is -0.681. The number of hydrogen-bond acceptors (Lipinski definition) is 7. The zero-order valence-electron chi connectivity index (χ0n) is 13.4. The van der Waals surface area contributed by atoms with Crippen molar-refractivity contribution in [3.8, 4) is 17.7 Å². The number of aryl methyl sites for hydroxylation is 1. The number of nitrogens with zero attached hydrogens (tertiary/aromatic N) is 3.